The number of carbonyl (C=O) groups excluding carboxylic acids is 1. The lowest BCUT2D eigenvalue weighted by molar-refractivity contribution is -0.141. The van der Waals surface area contributed by atoms with E-state index in [1.165, 1.54) is 0 Å². The van der Waals surface area contributed by atoms with Crippen LogP contribution < -0.4 is 5.32 Å². The zero-order valence-electron chi connectivity index (χ0n) is 11.6. The molecule has 1 aromatic rings. The maximum Gasteiger partial charge on any atom is 0.308 e. The molecule has 2 unspecified atom stereocenters. The second-order valence-corrected chi connectivity index (χ2v) is 4.59. The molecule has 2 N–H and O–H groups in total. The van der Waals surface area contributed by atoms with Gasteiger partial charge in [0.2, 0.25) is 0 Å². The zero-order chi connectivity index (χ0) is 14.6. The van der Waals surface area contributed by atoms with Crippen LogP contribution in [0.15, 0.2) is 6.07 Å². The lowest BCUT2D eigenvalue weighted by Gasteiger charge is -2.18. The molecule has 1 aromatic heterocycles. The monoisotopic (exact) mass is 265 g/mol. The van der Waals surface area contributed by atoms with Gasteiger partial charge in [-0.3, -0.25) is 9.59 Å². The summed E-state index contributed by atoms with van der Waals surface area (Å²) in [6.45, 7) is 6.87. The van der Waals surface area contributed by atoms with Gasteiger partial charge in [-0.1, -0.05) is 6.92 Å². The summed E-state index contributed by atoms with van der Waals surface area (Å²) in [4.78, 5) is 23.0. The average Bonchev–Trinajstić information content (AvgIpc) is 2.37. The molecule has 0 spiro atoms. The summed E-state index contributed by atoms with van der Waals surface area (Å²) < 4.78 is 0. The van der Waals surface area contributed by atoms with Crippen molar-refractivity contribution in [3.8, 4) is 0 Å². The Labute approximate surface area is 112 Å². The summed E-state index contributed by atoms with van der Waals surface area (Å²) in [5.41, 5.74) is 1.72. The van der Waals surface area contributed by atoms with Gasteiger partial charge >= 0.3 is 5.97 Å². The van der Waals surface area contributed by atoms with Crippen LogP contribution in [0.25, 0.3) is 0 Å². The van der Waals surface area contributed by atoms with Crippen LogP contribution in [0.1, 0.15) is 42.5 Å². The van der Waals surface area contributed by atoms with E-state index < -0.39 is 17.9 Å². The Morgan fingerprint density at radius 1 is 1.37 bits per heavy atom. The minimum absolute atomic E-state index is 0.310. The van der Waals surface area contributed by atoms with Crippen LogP contribution in [0.3, 0.4) is 0 Å². The number of nitrogens with one attached hydrogen (secondary N) is 1. The van der Waals surface area contributed by atoms with Gasteiger partial charge in [-0.05, 0) is 33.3 Å². The van der Waals surface area contributed by atoms with Crippen molar-refractivity contribution in [1.82, 2.24) is 15.5 Å². The van der Waals surface area contributed by atoms with Gasteiger partial charge in [0.25, 0.3) is 5.91 Å². The Kier molecular flexibility index (Phi) is 4.97. The van der Waals surface area contributed by atoms with Gasteiger partial charge in [0.15, 0.2) is 0 Å². The number of aliphatic carboxylic acids is 1. The minimum atomic E-state index is -0.937. The number of amides is 1. The Morgan fingerprint density at radius 2 is 2.00 bits per heavy atom. The van der Waals surface area contributed by atoms with Gasteiger partial charge in [-0.15, -0.1) is 0 Å². The van der Waals surface area contributed by atoms with Crippen molar-refractivity contribution in [2.45, 2.75) is 40.2 Å². The Hall–Kier alpha value is -1.98. The summed E-state index contributed by atoms with van der Waals surface area (Å²) in [5, 5.41) is 19.5. The normalized spacial score (nSPS) is 13.7. The molecular weight excluding hydrogens is 246 g/mol. The number of aryl methyl sites for hydroxylation is 2. The fraction of sp³-hybridized carbons (Fsp3) is 0.538. The maximum absolute atomic E-state index is 12.1. The van der Waals surface area contributed by atoms with E-state index in [0.717, 1.165) is 0 Å². The van der Waals surface area contributed by atoms with Crippen molar-refractivity contribution >= 4 is 11.9 Å². The van der Waals surface area contributed by atoms with E-state index >= 15 is 0 Å². The number of carboxylic acids is 1. The Balaban J connectivity index is 2.89. The molecule has 0 aliphatic heterocycles. The second-order valence-electron chi connectivity index (χ2n) is 4.59. The van der Waals surface area contributed by atoms with Gasteiger partial charge in [0, 0.05) is 6.04 Å². The SMILES string of the molecule is CCc1nnc(C)cc1C(=O)NC(C)C(C)C(=O)O. The molecule has 1 rings (SSSR count). The number of carbonyl (C=O) groups is 2. The third-order valence-corrected chi connectivity index (χ3v) is 3.07. The molecule has 0 radical (unpaired) electrons. The number of rotatable bonds is 5. The second kappa shape index (κ2) is 6.26. The predicted octanol–water partition coefficient (Wildman–Crippen LogP) is 1.19. The Morgan fingerprint density at radius 3 is 2.53 bits per heavy atom. The van der Waals surface area contributed by atoms with Gasteiger partial charge in [-0.25, -0.2) is 0 Å². The first-order valence-electron chi connectivity index (χ1n) is 6.23. The fourth-order valence-electron chi connectivity index (χ4n) is 1.60. The van der Waals surface area contributed by atoms with Crippen molar-refractivity contribution in [2.24, 2.45) is 5.92 Å². The summed E-state index contributed by atoms with van der Waals surface area (Å²) in [7, 11) is 0. The molecule has 2 atom stereocenters. The molecule has 0 fully saturated rings. The summed E-state index contributed by atoms with van der Waals surface area (Å²) >= 11 is 0. The van der Waals surface area contributed by atoms with Gasteiger partial charge in [-0.2, -0.15) is 10.2 Å². The topological polar surface area (TPSA) is 92.2 Å². The third kappa shape index (κ3) is 3.74. The maximum atomic E-state index is 12.1. The first-order chi connectivity index (χ1) is 8.86. The molecular formula is C13H19N3O3. The highest BCUT2D eigenvalue weighted by molar-refractivity contribution is 5.95. The lowest BCUT2D eigenvalue weighted by Crippen LogP contribution is -2.40. The van der Waals surface area contributed by atoms with Gasteiger partial charge < -0.3 is 10.4 Å². The first kappa shape index (κ1) is 15.1. The van der Waals surface area contributed by atoms with Crippen molar-refractivity contribution in [1.29, 1.82) is 0 Å². The van der Waals surface area contributed by atoms with Crippen LogP contribution >= 0.6 is 0 Å². The molecule has 0 saturated heterocycles. The molecule has 1 amide bonds. The first-order valence-corrected chi connectivity index (χ1v) is 6.23. The number of hydrogen-bond acceptors (Lipinski definition) is 4. The molecule has 104 valence electrons. The summed E-state index contributed by atoms with van der Waals surface area (Å²) in [5.74, 6) is -1.90. The van der Waals surface area contributed by atoms with Crippen LogP contribution in [0, 0.1) is 12.8 Å². The van der Waals surface area contributed by atoms with E-state index in [4.69, 9.17) is 5.11 Å². The highest BCUT2D eigenvalue weighted by Crippen LogP contribution is 2.09. The summed E-state index contributed by atoms with van der Waals surface area (Å²) in [6.07, 6.45) is 0.596. The van der Waals surface area contributed by atoms with E-state index in [0.29, 0.717) is 23.4 Å². The lowest BCUT2D eigenvalue weighted by atomic mass is 10.0. The minimum Gasteiger partial charge on any atom is -0.481 e. The number of nitrogens with zero attached hydrogens (tertiary/aromatic N) is 2. The molecule has 0 bridgehead atoms. The molecule has 19 heavy (non-hydrogen) atoms. The average molecular weight is 265 g/mol. The smallest absolute Gasteiger partial charge is 0.308 e. The van der Waals surface area contributed by atoms with Crippen molar-refractivity contribution in [3.63, 3.8) is 0 Å². The molecule has 1 heterocycles. The van der Waals surface area contributed by atoms with Crippen LogP contribution in [0.5, 0.6) is 0 Å². The molecule has 6 nitrogen and oxygen atoms in total. The molecule has 0 aliphatic rings. The van der Waals surface area contributed by atoms with Crippen LogP contribution in [0.2, 0.25) is 0 Å². The molecule has 0 aliphatic carbocycles. The van der Waals surface area contributed by atoms with Crippen LogP contribution in [0.4, 0.5) is 0 Å². The fourth-order valence-corrected chi connectivity index (χ4v) is 1.60. The van der Waals surface area contributed by atoms with Gasteiger partial charge in [0.1, 0.15) is 0 Å². The quantitative estimate of drug-likeness (QED) is 0.834. The Bertz CT molecular complexity index is 488. The highest BCUT2D eigenvalue weighted by Gasteiger charge is 2.22. The number of carboxylic acid groups (broad SMARTS) is 1. The highest BCUT2D eigenvalue weighted by atomic mass is 16.4. The number of aromatic nitrogens is 2. The van der Waals surface area contributed by atoms with Crippen molar-refractivity contribution < 1.29 is 14.7 Å². The molecule has 0 saturated carbocycles. The molecule has 0 aromatic carbocycles. The van der Waals surface area contributed by atoms with E-state index in [9.17, 15) is 9.59 Å². The van der Waals surface area contributed by atoms with Crippen LogP contribution in [-0.2, 0) is 11.2 Å². The largest absolute Gasteiger partial charge is 0.481 e. The van der Waals surface area contributed by atoms with E-state index in [1.807, 2.05) is 6.92 Å². The van der Waals surface area contributed by atoms with Gasteiger partial charge in [0.05, 0.1) is 22.9 Å². The van der Waals surface area contributed by atoms with Crippen LogP contribution in [-0.4, -0.2) is 33.2 Å². The standard InChI is InChI=1S/C13H19N3O3/c1-5-11-10(6-7(2)15-16-11)12(17)14-9(4)8(3)13(18)19/h6,8-9H,5H2,1-4H3,(H,14,17)(H,18,19). The zero-order valence-corrected chi connectivity index (χ0v) is 11.6. The van der Waals surface area contributed by atoms with E-state index in [1.54, 1.807) is 26.8 Å². The van der Waals surface area contributed by atoms with E-state index in [-0.39, 0.29) is 5.91 Å². The number of hydrogen-bond donors (Lipinski definition) is 2. The predicted molar refractivity (Wildman–Crippen MR) is 69.9 cm³/mol. The van der Waals surface area contributed by atoms with Crippen molar-refractivity contribution in [2.75, 3.05) is 0 Å². The van der Waals surface area contributed by atoms with E-state index in [2.05, 4.69) is 15.5 Å². The van der Waals surface area contributed by atoms with Crippen molar-refractivity contribution in [3.05, 3.63) is 23.0 Å². The summed E-state index contributed by atoms with van der Waals surface area (Å²) in [6, 6.07) is 1.21. The third-order valence-electron chi connectivity index (χ3n) is 3.07. The molecule has 6 heteroatoms.